The number of hydrogen-bond donors (Lipinski definition) is 3. The lowest BCUT2D eigenvalue weighted by molar-refractivity contribution is -0.914. The van der Waals surface area contributed by atoms with E-state index in [0.29, 0.717) is 0 Å². The minimum Gasteiger partial charge on any atom is -0.361 e. The molecule has 3 N–H and O–H groups in total. The van der Waals surface area contributed by atoms with E-state index in [2.05, 4.69) is 72.2 Å². The molecule has 0 aliphatic carbocycles. The van der Waals surface area contributed by atoms with Gasteiger partial charge in [-0.1, -0.05) is 5.16 Å². The molecule has 0 amide bonds. The standard InChI is InChI=1S/C26H31BrN8O/c1-18-15-20(31-36-18)17-33-9-13-35(14-10-33)24-22(27)16-28-26-23(24)29-25(30-26)19-3-5-21(6-4-19)34-11-7-32(2)8-12-34/h3-6,15-16H,7-14,17H2,1-2H3,(H,28,29,30)/p+2. The average Bonchev–Trinajstić information content (AvgIpc) is 3.51. The third kappa shape index (κ3) is 4.72. The summed E-state index contributed by atoms with van der Waals surface area (Å²) >= 11 is 3.76. The molecule has 9 nitrogen and oxygen atoms in total. The summed E-state index contributed by atoms with van der Waals surface area (Å²) in [6, 6.07) is 10.8. The first-order valence-electron chi connectivity index (χ1n) is 12.7. The summed E-state index contributed by atoms with van der Waals surface area (Å²) < 4.78 is 6.23. The molecule has 0 spiro atoms. The Hall–Kier alpha value is -2.95. The monoisotopic (exact) mass is 552 g/mol. The van der Waals surface area contributed by atoms with Gasteiger partial charge in [0.15, 0.2) is 5.65 Å². The van der Waals surface area contributed by atoms with Gasteiger partial charge in [0.1, 0.15) is 29.3 Å². The van der Waals surface area contributed by atoms with Gasteiger partial charge in [0.05, 0.1) is 69.6 Å². The van der Waals surface area contributed by atoms with Crippen LogP contribution in [0, 0.1) is 6.92 Å². The third-order valence-corrected chi connectivity index (χ3v) is 8.05. The lowest BCUT2D eigenvalue weighted by atomic mass is 10.1. The third-order valence-electron chi connectivity index (χ3n) is 7.47. The molecule has 0 unspecified atom stereocenters. The van der Waals surface area contributed by atoms with E-state index in [1.807, 2.05) is 19.2 Å². The van der Waals surface area contributed by atoms with Crippen LogP contribution in [0.15, 0.2) is 45.5 Å². The molecule has 0 atom stereocenters. The van der Waals surface area contributed by atoms with Crippen molar-refractivity contribution in [2.45, 2.75) is 13.5 Å². The van der Waals surface area contributed by atoms with Crippen LogP contribution in [-0.4, -0.2) is 79.5 Å². The van der Waals surface area contributed by atoms with Crippen LogP contribution in [0.1, 0.15) is 11.5 Å². The number of pyridine rings is 1. The topological polar surface area (TPSA) is 83.0 Å². The highest BCUT2D eigenvalue weighted by molar-refractivity contribution is 9.10. The second-order valence-electron chi connectivity index (χ2n) is 10.1. The lowest BCUT2D eigenvalue weighted by Gasteiger charge is -2.33. The maximum Gasteiger partial charge on any atom is 0.180 e. The summed E-state index contributed by atoms with van der Waals surface area (Å²) in [6.45, 7) is 11.4. The first kappa shape index (κ1) is 23.4. The second kappa shape index (κ2) is 9.84. The van der Waals surface area contributed by atoms with E-state index in [1.165, 1.54) is 23.7 Å². The molecule has 5 heterocycles. The molecule has 2 aliphatic rings. The molecule has 0 radical (unpaired) electrons. The highest BCUT2D eigenvalue weighted by Gasteiger charge is 2.26. The van der Waals surface area contributed by atoms with Crippen LogP contribution in [0.4, 0.5) is 11.4 Å². The zero-order chi connectivity index (χ0) is 24.6. The number of nitrogens with one attached hydrogen (secondary N) is 3. The van der Waals surface area contributed by atoms with Crippen LogP contribution in [-0.2, 0) is 6.54 Å². The van der Waals surface area contributed by atoms with Crippen molar-refractivity contribution in [3.8, 4) is 11.4 Å². The smallest absolute Gasteiger partial charge is 0.180 e. The van der Waals surface area contributed by atoms with Gasteiger partial charge in [-0.2, -0.15) is 0 Å². The Bertz CT molecular complexity index is 1330. The fourth-order valence-corrected chi connectivity index (χ4v) is 5.88. The van der Waals surface area contributed by atoms with Crippen molar-refractivity contribution in [3.63, 3.8) is 0 Å². The normalized spacial score (nSPS) is 17.9. The molecule has 36 heavy (non-hydrogen) atoms. The van der Waals surface area contributed by atoms with Crippen molar-refractivity contribution in [1.29, 1.82) is 0 Å². The molecule has 10 heteroatoms. The number of likely N-dealkylation sites (N-methyl/N-ethyl adjacent to an activating group) is 1. The van der Waals surface area contributed by atoms with E-state index < -0.39 is 0 Å². The van der Waals surface area contributed by atoms with E-state index in [-0.39, 0.29) is 0 Å². The molecule has 0 saturated carbocycles. The Kier molecular flexibility index (Phi) is 6.41. The summed E-state index contributed by atoms with van der Waals surface area (Å²) in [7, 11) is 2.27. The number of anilines is 2. The fraction of sp³-hybridized carbons (Fsp3) is 0.423. The Morgan fingerprint density at radius 2 is 1.75 bits per heavy atom. The number of quaternary nitrogens is 2. The summed E-state index contributed by atoms with van der Waals surface area (Å²) in [4.78, 5) is 21.1. The van der Waals surface area contributed by atoms with Crippen molar-refractivity contribution in [1.82, 2.24) is 20.1 Å². The first-order valence-corrected chi connectivity index (χ1v) is 13.5. The molecule has 2 saturated heterocycles. The van der Waals surface area contributed by atoms with Crippen LogP contribution < -0.4 is 19.6 Å². The largest absolute Gasteiger partial charge is 0.361 e. The number of aromatic nitrogens is 4. The Balaban J connectivity index is 1.19. The van der Waals surface area contributed by atoms with Gasteiger partial charge in [0.25, 0.3) is 0 Å². The number of hydrogen-bond acceptors (Lipinski definition) is 6. The summed E-state index contributed by atoms with van der Waals surface area (Å²) in [5.41, 5.74) is 6.28. The molecular formula is C26H33BrN8O+2. The van der Waals surface area contributed by atoms with Gasteiger partial charge >= 0.3 is 0 Å². The highest BCUT2D eigenvalue weighted by atomic mass is 79.9. The van der Waals surface area contributed by atoms with Gasteiger partial charge in [-0.15, -0.1) is 0 Å². The minimum absolute atomic E-state index is 0.752. The maximum absolute atomic E-state index is 5.24. The maximum atomic E-state index is 5.24. The van der Waals surface area contributed by atoms with Gasteiger partial charge < -0.3 is 29.1 Å². The molecule has 188 valence electrons. The van der Waals surface area contributed by atoms with E-state index in [4.69, 9.17) is 9.51 Å². The Morgan fingerprint density at radius 3 is 2.44 bits per heavy atom. The van der Waals surface area contributed by atoms with Gasteiger partial charge in [-0.3, -0.25) is 0 Å². The van der Waals surface area contributed by atoms with Gasteiger partial charge in [0.2, 0.25) is 0 Å². The first-order chi connectivity index (χ1) is 17.5. The quantitative estimate of drug-likeness (QED) is 0.341. The second-order valence-corrected chi connectivity index (χ2v) is 10.9. The molecule has 2 fully saturated rings. The fourth-order valence-electron chi connectivity index (χ4n) is 5.32. The van der Waals surface area contributed by atoms with E-state index >= 15 is 0 Å². The van der Waals surface area contributed by atoms with Crippen molar-refractivity contribution in [2.75, 3.05) is 69.2 Å². The van der Waals surface area contributed by atoms with E-state index in [1.54, 1.807) is 4.90 Å². The summed E-state index contributed by atoms with van der Waals surface area (Å²) in [5.74, 6) is 1.73. The number of rotatable bonds is 5. The number of H-pyrrole nitrogens is 1. The lowest BCUT2D eigenvalue weighted by Crippen LogP contribution is -3.13. The van der Waals surface area contributed by atoms with E-state index in [0.717, 1.165) is 90.0 Å². The zero-order valence-electron chi connectivity index (χ0n) is 20.9. The predicted molar refractivity (Wildman–Crippen MR) is 144 cm³/mol. The number of fused-ring (bicyclic) bond motifs is 1. The molecule has 0 bridgehead atoms. The van der Waals surface area contributed by atoms with Gasteiger partial charge in [-0.25, -0.2) is 9.97 Å². The number of benzene rings is 1. The molecule has 1 aromatic carbocycles. The van der Waals surface area contributed by atoms with E-state index in [9.17, 15) is 0 Å². The van der Waals surface area contributed by atoms with Crippen LogP contribution in [0.25, 0.3) is 22.6 Å². The number of imidazole rings is 1. The van der Waals surface area contributed by atoms with Crippen LogP contribution in [0.3, 0.4) is 0 Å². The molecular weight excluding hydrogens is 520 g/mol. The Labute approximate surface area is 219 Å². The van der Waals surface area contributed by atoms with Crippen molar-refractivity contribution in [3.05, 3.63) is 52.5 Å². The Morgan fingerprint density at radius 1 is 1.03 bits per heavy atom. The van der Waals surface area contributed by atoms with Crippen LogP contribution in [0.2, 0.25) is 0 Å². The van der Waals surface area contributed by atoms with Crippen molar-refractivity contribution < 1.29 is 14.3 Å². The number of halogens is 1. The number of aryl methyl sites for hydroxylation is 1. The van der Waals surface area contributed by atoms with Crippen LogP contribution >= 0.6 is 15.9 Å². The molecule has 2 aliphatic heterocycles. The summed E-state index contributed by atoms with van der Waals surface area (Å²) in [5, 5.41) is 4.17. The average molecular weight is 554 g/mol. The van der Waals surface area contributed by atoms with Crippen molar-refractivity contribution in [2.24, 2.45) is 0 Å². The van der Waals surface area contributed by atoms with Crippen LogP contribution in [0.5, 0.6) is 0 Å². The molecule has 4 aromatic rings. The number of nitrogens with zero attached hydrogens (tertiary/aromatic N) is 5. The number of piperazine rings is 2. The van der Waals surface area contributed by atoms with Crippen molar-refractivity contribution >= 4 is 38.5 Å². The zero-order valence-corrected chi connectivity index (χ0v) is 22.4. The van der Waals surface area contributed by atoms with Gasteiger partial charge in [-0.05, 0) is 47.1 Å². The SMILES string of the molecule is Cc1cc(C[NH+]2CCN(c3c(Br)cnc4nc(-c5ccc(N6CC[NH+](C)CC6)cc5)[nH]c34)CC2)no1. The number of aromatic amines is 1. The minimum atomic E-state index is 0.752. The summed E-state index contributed by atoms with van der Waals surface area (Å²) in [6.07, 6.45) is 1.87. The van der Waals surface area contributed by atoms with Gasteiger partial charge in [0, 0.05) is 23.5 Å². The molecule has 6 rings (SSSR count). The highest BCUT2D eigenvalue weighted by Crippen LogP contribution is 2.34. The molecule has 3 aromatic heterocycles. The predicted octanol–water partition coefficient (Wildman–Crippen LogP) is 0.924.